The number of benzene rings is 1. The Balaban J connectivity index is 1.95. The van der Waals surface area contributed by atoms with Crippen LogP contribution in [-0.2, 0) is 6.54 Å². The molecular formula is C15H12ClN5. The van der Waals surface area contributed by atoms with Gasteiger partial charge in [0.2, 0.25) is 0 Å². The Morgan fingerprint density at radius 2 is 2.05 bits per heavy atom. The molecule has 0 spiro atoms. The van der Waals surface area contributed by atoms with Gasteiger partial charge in [-0.05, 0) is 24.6 Å². The molecule has 0 N–H and O–H groups in total. The van der Waals surface area contributed by atoms with Crippen LogP contribution in [0.3, 0.4) is 0 Å². The fraction of sp³-hybridized carbons (Fsp3) is 0.133. The molecule has 4 rings (SSSR count). The predicted octanol–water partition coefficient (Wildman–Crippen LogP) is 3.09. The zero-order chi connectivity index (χ0) is 14.4. The normalized spacial score (nSPS) is 11.5. The molecule has 0 fully saturated rings. The lowest BCUT2D eigenvalue weighted by Gasteiger charge is -2.08. The van der Waals surface area contributed by atoms with Gasteiger partial charge in [-0.2, -0.15) is 14.6 Å². The van der Waals surface area contributed by atoms with Gasteiger partial charge in [-0.1, -0.05) is 29.8 Å². The van der Waals surface area contributed by atoms with Crippen LogP contribution in [0.25, 0.3) is 16.8 Å². The summed E-state index contributed by atoms with van der Waals surface area (Å²) >= 11 is 6.26. The molecule has 0 aliphatic heterocycles. The fourth-order valence-electron chi connectivity index (χ4n) is 2.59. The number of nitrogens with zero attached hydrogens (tertiary/aromatic N) is 5. The number of rotatable bonds is 2. The van der Waals surface area contributed by atoms with Crippen LogP contribution < -0.4 is 0 Å². The summed E-state index contributed by atoms with van der Waals surface area (Å²) in [5, 5.41) is 6.11. The molecule has 4 aromatic rings. The summed E-state index contributed by atoms with van der Waals surface area (Å²) in [6, 6.07) is 9.91. The summed E-state index contributed by atoms with van der Waals surface area (Å²) in [4.78, 5) is 8.63. The molecule has 3 aromatic heterocycles. The lowest BCUT2D eigenvalue weighted by atomic mass is 10.2. The maximum atomic E-state index is 6.26. The predicted molar refractivity (Wildman–Crippen MR) is 81.6 cm³/mol. The molecule has 0 atom stereocenters. The van der Waals surface area contributed by atoms with Crippen molar-refractivity contribution in [3.63, 3.8) is 0 Å². The molecule has 0 unspecified atom stereocenters. The van der Waals surface area contributed by atoms with Crippen molar-refractivity contribution in [1.29, 1.82) is 0 Å². The molecule has 5 nitrogen and oxygen atoms in total. The lowest BCUT2D eigenvalue weighted by molar-refractivity contribution is 0.798. The van der Waals surface area contributed by atoms with Crippen molar-refractivity contribution in [2.45, 2.75) is 13.5 Å². The quantitative estimate of drug-likeness (QED) is 0.571. The molecule has 0 bridgehead atoms. The van der Waals surface area contributed by atoms with Crippen molar-refractivity contribution in [2.24, 2.45) is 0 Å². The smallest absolute Gasteiger partial charge is 0.254 e. The Morgan fingerprint density at radius 3 is 2.90 bits per heavy atom. The monoisotopic (exact) mass is 297 g/mol. The zero-order valence-electron chi connectivity index (χ0n) is 11.4. The van der Waals surface area contributed by atoms with E-state index < -0.39 is 0 Å². The highest BCUT2D eigenvalue weighted by Gasteiger charge is 2.12. The molecule has 21 heavy (non-hydrogen) atoms. The summed E-state index contributed by atoms with van der Waals surface area (Å²) < 4.78 is 3.88. The second kappa shape index (κ2) is 4.56. The average molecular weight is 298 g/mol. The third kappa shape index (κ3) is 1.89. The third-order valence-corrected chi connectivity index (χ3v) is 3.99. The van der Waals surface area contributed by atoms with Crippen molar-refractivity contribution < 1.29 is 0 Å². The third-order valence-electron chi connectivity index (χ3n) is 3.62. The number of aromatic nitrogens is 5. The van der Waals surface area contributed by atoms with Crippen LogP contribution in [0.5, 0.6) is 0 Å². The summed E-state index contributed by atoms with van der Waals surface area (Å²) in [5.74, 6) is 0.610. The largest absolute Gasteiger partial charge is 0.328 e. The SMILES string of the molecule is Cc1nc2ncnn2c2c1ccn2Cc1ccccc1Cl. The highest BCUT2D eigenvalue weighted by Crippen LogP contribution is 2.22. The summed E-state index contributed by atoms with van der Waals surface area (Å²) in [5.41, 5.74) is 3.00. The van der Waals surface area contributed by atoms with Crippen LogP contribution in [0, 0.1) is 6.92 Å². The van der Waals surface area contributed by atoms with E-state index in [0.29, 0.717) is 12.3 Å². The van der Waals surface area contributed by atoms with Crippen LogP contribution in [-0.4, -0.2) is 24.1 Å². The summed E-state index contributed by atoms with van der Waals surface area (Å²) in [6.45, 7) is 2.67. The van der Waals surface area contributed by atoms with Gasteiger partial charge in [-0.25, -0.2) is 4.98 Å². The Bertz CT molecular complexity index is 953. The molecule has 0 radical (unpaired) electrons. The maximum Gasteiger partial charge on any atom is 0.254 e. The van der Waals surface area contributed by atoms with Gasteiger partial charge in [-0.15, -0.1) is 0 Å². The van der Waals surface area contributed by atoms with Crippen LogP contribution in [0.15, 0.2) is 42.9 Å². The van der Waals surface area contributed by atoms with Gasteiger partial charge in [0.15, 0.2) is 0 Å². The Labute approximate surface area is 125 Å². The van der Waals surface area contributed by atoms with Crippen molar-refractivity contribution in [2.75, 3.05) is 0 Å². The first-order chi connectivity index (χ1) is 10.2. The first-order valence-corrected chi connectivity index (χ1v) is 7.00. The van der Waals surface area contributed by atoms with Gasteiger partial charge in [0.25, 0.3) is 5.78 Å². The van der Waals surface area contributed by atoms with Crippen LogP contribution >= 0.6 is 11.6 Å². The fourth-order valence-corrected chi connectivity index (χ4v) is 2.79. The minimum Gasteiger partial charge on any atom is -0.328 e. The highest BCUT2D eigenvalue weighted by atomic mass is 35.5. The maximum absolute atomic E-state index is 6.26. The average Bonchev–Trinajstić information content (AvgIpc) is 3.08. The summed E-state index contributed by atoms with van der Waals surface area (Å²) in [7, 11) is 0. The first-order valence-electron chi connectivity index (χ1n) is 6.62. The molecule has 6 heteroatoms. The first kappa shape index (κ1) is 12.3. The van der Waals surface area contributed by atoms with E-state index in [4.69, 9.17) is 11.6 Å². The molecule has 0 aliphatic rings. The van der Waals surface area contributed by atoms with Gasteiger partial charge < -0.3 is 4.57 Å². The van der Waals surface area contributed by atoms with Gasteiger partial charge in [0, 0.05) is 16.6 Å². The van der Waals surface area contributed by atoms with E-state index in [1.54, 1.807) is 4.52 Å². The summed E-state index contributed by atoms with van der Waals surface area (Å²) in [6.07, 6.45) is 3.55. The van der Waals surface area contributed by atoms with Gasteiger partial charge in [-0.3, -0.25) is 0 Å². The van der Waals surface area contributed by atoms with E-state index in [9.17, 15) is 0 Å². The van der Waals surface area contributed by atoms with Crippen molar-refractivity contribution >= 4 is 28.4 Å². The van der Waals surface area contributed by atoms with Crippen molar-refractivity contribution in [3.8, 4) is 0 Å². The second-order valence-corrected chi connectivity index (χ2v) is 5.35. The molecule has 0 saturated heterocycles. The Morgan fingerprint density at radius 1 is 1.19 bits per heavy atom. The van der Waals surface area contributed by atoms with Crippen molar-refractivity contribution in [3.05, 3.63) is 59.1 Å². The molecule has 0 aliphatic carbocycles. The number of halogens is 1. The van der Waals surface area contributed by atoms with E-state index in [-0.39, 0.29) is 0 Å². The molecule has 0 saturated carbocycles. The zero-order valence-corrected chi connectivity index (χ0v) is 12.1. The standard InChI is InChI=1S/C15H12ClN5/c1-10-12-6-7-20(8-11-4-2-3-5-13(11)16)14(12)21-15(19-10)17-9-18-21/h2-7,9H,8H2,1H3. The number of hydrogen-bond acceptors (Lipinski definition) is 3. The van der Waals surface area contributed by atoms with Gasteiger partial charge in [0.05, 0.1) is 12.2 Å². The van der Waals surface area contributed by atoms with Crippen LogP contribution in [0.1, 0.15) is 11.3 Å². The van der Waals surface area contributed by atoms with E-state index in [1.807, 2.05) is 37.4 Å². The van der Waals surface area contributed by atoms with Crippen LogP contribution in [0.2, 0.25) is 5.02 Å². The van der Waals surface area contributed by atoms with Gasteiger partial charge in [0.1, 0.15) is 12.0 Å². The molecule has 3 heterocycles. The minimum absolute atomic E-state index is 0.610. The van der Waals surface area contributed by atoms with Gasteiger partial charge >= 0.3 is 0 Å². The van der Waals surface area contributed by atoms with Crippen molar-refractivity contribution in [1.82, 2.24) is 24.1 Å². The number of fused-ring (bicyclic) bond motifs is 3. The minimum atomic E-state index is 0.610. The van der Waals surface area contributed by atoms with E-state index in [2.05, 4.69) is 25.7 Å². The number of aryl methyl sites for hydroxylation is 1. The molecular weight excluding hydrogens is 286 g/mol. The molecule has 1 aromatic carbocycles. The Kier molecular flexibility index (Phi) is 2.68. The molecule has 0 amide bonds. The van der Waals surface area contributed by atoms with E-state index in [0.717, 1.165) is 27.3 Å². The van der Waals surface area contributed by atoms with Crippen LogP contribution in [0.4, 0.5) is 0 Å². The highest BCUT2D eigenvalue weighted by molar-refractivity contribution is 6.31. The number of hydrogen-bond donors (Lipinski definition) is 0. The Hall–Kier alpha value is -2.40. The molecule has 104 valence electrons. The van der Waals surface area contributed by atoms with E-state index >= 15 is 0 Å². The second-order valence-electron chi connectivity index (χ2n) is 4.94. The lowest BCUT2D eigenvalue weighted by Crippen LogP contribution is -2.04. The van der Waals surface area contributed by atoms with E-state index in [1.165, 1.54) is 6.33 Å². The topological polar surface area (TPSA) is 48.0 Å².